The van der Waals surface area contributed by atoms with Crippen LogP contribution in [0.2, 0.25) is 0 Å². The van der Waals surface area contributed by atoms with E-state index in [4.69, 9.17) is 10.1 Å². The molecule has 0 bridgehead atoms. The molecule has 1 aromatic heterocycles. The Morgan fingerprint density at radius 3 is 2.91 bits per heavy atom. The van der Waals surface area contributed by atoms with Crippen molar-refractivity contribution < 1.29 is 9.13 Å². The number of pyridine rings is 1. The summed E-state index contributed by atoms with van der Waals surface area (Å²) in [6.45, 7) is 10.1. The highest BCUT2D eigenvalue weighted by Gasteiger charge is 2.33. The van der Waals surface area contributed by atoms with Crippen molar-refractivity contribution in [3.8, 4) is 0 Å². The molecule has 23 heavy (non-hydrogen) atoms. The van der Waals surface area contributed by atoms with E-state index in [0.29, 0.717) is 6.61 Å². The third-order valence-electron chi connectivity index (χ3n) is 4.46. The van der Waals surface area contributed by atoms with Gasteiger partial charge in [-0.15, -0.1) is 0 Å². The van der Waals surface area contributed by atoms with E-state index in [1.54, 1.807) is 6.07 Å². The van der Waals surface area contributed by atoms with Crippen LogP contribution in [0.5, 0.6) is 0 Å². The number of rotatable bonds is 6. The number of likely N-dealkylation sites (tertiary alicyclic amines) is 1. The lowest BCUT2D eigenvalue weighted by atomic mass is 9.96. The minimum Gasteiger partial charge on any atom is -0.365 e. The second kappa shape index (κ2) is 7.79. The van der Waals surface area contributed by atoms with Gasteiger partial charge in [0.2, 0.25) is 0 Å². The number of aromatic nitrogens is 1. The minimum atomic E-state index is -0.496. The molecule has 1 aliphatic heterocycles. The van der Waals surface area contributed by atoms with Crippen LogP contribution in [0.4, 0.5) is 4.39 Å². The predicted octanol–water partition coefficient (Wildman–Crippen LogP) is 3.75. The lowest BCUT2D eigenvalue weighted by molar-refractivity contribution is 0.0131. The molecular weight excluding hydrogens is 293 g/mol. The average Bonchev–Trinajstić information content (AvgIpc) is 2.76. The largest absolute Gasteiger partial charge is 0.365 e. The summed E-state index contributed by atoms with van der Waals surface area (Å²) >= 11 is 0. The second-order valence-corrected chi connectivity index (χ2v) is 6.42. The first kappa shape index (κ1) is 17.8. The lowest BCUT2D eigenvalue weighted by Crippen LogP contribution is -2.36. The Kier molecular flexibility index (Phi) is 6.02. The molecule has 2 heterocycles. The molecule has 2 rings (SSSR count). The third kappa shape index (κ3) is 4.69. The summed E-state index contributed by atoms with van der Waals surface area (Å²) in [7, 11) is 0. The van der Waals surface area contributed by atoms with Crippen molar-refractivity contribution in [2.24, 2.45) is 0 Å². The molecule has 0 aromatic carbocycles. The lowest BCUT2D eigenvalue weighted by Gasteiger charge is -2.30. The molecule has 0 aliphatic carbocycles. The van der Waals surface area contributed by atoms with Gasteiger partial charge in [-0.2, -0.15) is 0 Å². The van der Waals surface area contributed by atoms with Crippen LogP contribution >= 0.6 is 0 Å². The summed E-state index contributed by atoms with van der Waals surface area (Å²) in [5.74, 6) is -0.312. The highest BCUT2D eigenvalue weighted by Crippen LogP contribution is 2.29. The quantitative estimate of drug-likeness (QED) is 0.642. The third-order valence-corrected chi connectivity index (χ3v) is 4.46. The van der Waals surface area contributed by atoms with E-state index in [0.717, 1.165) is 43.6 Å². The molecule has 1 saturated heterocycles. The van der Waals surface area contributed by atoms with E-state index in [2.05, 4.69) is 23.4 Å². The summed E-state index contributed by atoms with van der Waals surface area (Å²) in [4.78, 5) is 6.52. The fraction of sp³-hybridized carbons (Fsp3) is 0.556. The molecule has 1 N–H and O–H groups in total. The van der Waals surface area contributed by atoms with E-state index < -0.39 is 5.60 Å². The summed E-state index contributed by atoms with van der Waals surface area (Å²) in [6, 6.07) is 3.32. The van der Waals surface area contributed by atoms with Crippen LogP contribution in [0.25, 0.3) is 0 Å². The van der Waals surface area contributed by atoms with Gasteiger partial charge in [0, 0.05) is 18.8 Å². The SMILES string of the molecule is C=C(C)COC1(C=N)CCCN(C(C)c2ccc(F)cn2)CC1. The van der Waals surface area contributed by atoms with Crippen molar-refractivity contribution in [1.29, 1.82) is 5.41 Å². The van der Waals surface area contributed by atoms with Crippen molar-refractivity contribution in [2.45, 2.75) is 44.8 Å². The Balaban J connectivity index is 2.03. The molecule has 5 heteroatoms. The number of halogens is 1. The Bertz CT molecular complexity index is 546. The summed E-state index contributed by atoms with van der Waals surface area (Å²) in [5.41, 5.74) is 1.34. The number of nitrogens with zero attached hydrogens (tertiary/aromatic N) is 2. The van der Waals surface area contributed by atoms with Gasteiger partial charge in [-0.05, 0) is 51.8 Å². The summed E-state index contributed by atoms with van der Waals surface area (Å²) < 4.78 is 19.0. The Hall–Kier alpha value is -1.59. The zero-order chi connectivity index (χ0) is 16.9. The second-order valence-electron chi connectivity index (χ2n) is 6.42. The Morgan fingerprint density at radius 2 is 2.30 bits per heavy atom. The molecule has 4 nitrogen and oxygen atoms in total. The minimum absolute atomic E-state index is 0.123. The average molecular weight is 319 g/mol. The maximum atomic E-state index is 13.0. The first-order valence-corrected chi connectivity index (χ1v) is 8.11. The number of hydrogen-bond donors (Lipinski definition) is 1. The topological polar surface area (TPSA) is 49.2 Å². The van der Waals surface area contributed by atoms with Crippen molar-refractivity contribution in [3.63, 3.8) is 0 Å². The molecule has 1 aromatic rings. The van der Waals surface area contributed by atoms with Gasteiger partial charge >= 0.3 is 0 Å². The molecular formula is C18H26FN3O. The molecule has 1 aliphatic rings. The molecule has 126 valence electrons. The molecule has 0 amide bonds. The number of hydrogen-bond acceptors (Lipinski definition) is 4. The van der Waals surface area contributed by atoms with Gasteiger partial charge in [-0.1, -0.05) is 12.2 Å². The van der Waals surface area contributed by atoms with Crippen molar-refractivity contribution in [1.82, 2.24) is 9.88 Å². The van der Waals surface area contributed by atoms with E-state index in [-0.39, 0.29) is 11.9 Å². The van der Waals surface area contributed by atoms with Crippen LogP contribution < -0.4 is 0 Å². The number of ether oxygens (including phenoxy) is 1. The van der Waals surface area contributed by atoms with E-state index in [1.807, 2.05) is 6.92 Å². The van der Waals surface area contributed by atoms with Crippen LogP contribution in [0.1, 0.15) is 44.8 Å². The monoisotopic (exact) mass is 319 g/mol. The highest BCUT2D eigenvalue weighted by molar-refractivity contribution is 5.65. The van der Waals surface area contributed by atoms with Crippen molar-refractivity contribution in [3.05, 3.63) is 42.0 Å². The van der Waals surface area contributed by atoms with Crippen LogP contribution in [0, 0.1) is 11.2 Å². The van der Waals surface area contributed by atoms with Crippen LogP contribution in [0.15, 0.2) is 30.5 Å². The van der Waals surface area contributed by atoms with Gasteiger partial charge in [-0.25, -0.2) is 4.39 Å². The van der Waals surface area contributed by atoms with Crippen LogP contribution in [-0.4, -0.2) is 41.4 Å². The molecule has 0 spiro atoms. The Morgan fingerprint density at radius 1 is 1.52 bits per heavy atom. The van der Waals surface area contributed by atoms with Gasteiger partial charge in [0.05, 0.1) is 18.5 Å². The van der Waals surface area contributed by atoms with Gasteiger partial charge in [0.15, 0.2) is 0 Å². The summed E-state index contributed by atoms with van der Waals surface area (Å²) in [5, 5.41) is 7.80. The van der Waals surface area contributed by atoms with Crippen LogP contribution in [0.3, 0.4) is 0 Å². The fourth-order valence-corrected chi connectivity index (χ4v) is 2.96. The maximum absolute atomic E-state index is 13.0. The first-order valence-electron chi connectivity index (χ1n) is 8.11. The highest BCUT2D eigenvalue weighted by atomic mass is 19.1. The van der Waals surface area contributed by atoms with E-state index >= 15 is 0 Å². The standard InChI is InChI=1S/C18H26FN3O/c1-14(2)12-23-18(13-20)7-4-9-22(10-8-18)15(3)17-6-5-16(19)11-21-17/h5-6,11,13,15,20H,1,4,7-10,12H2,2-3H3. The van der Waals surface area contributed by atoms with E-state index in [1.165, 1.54) is 18.5 Å². The molecule has 2 unspecified atom stereocenters. The zero-order valence-electron chi connectivity index (χ0n) is 14.0. The predicted molar refractivity (Wildman–Crippen MR) is 90.3 cm³/mol. The molecule has 2 atom stereocenters. The number of nitrogens with one attached hydrogen (secondary N) is 1. The molecule has 1 fully saturated rings. The zero-order valence-corrected chi connectivity index (χ0v) is 14.0. The normalized spacial score (nSPS) is 24.0. The fourth-order valence-electron chi connectivity index (χ4n) is 2.96. The maximum Gasteiger partial charge on any atom is 0.141 e. The first-order chi connectivity index (χ1) is 11.0. The van der Waals surface area contributed by atoms with E-state index in [9.17, 15) is 4.39 Å². The van der Waals surface area contributed by atoms with Gasteiger partial charge < -0.3 is 10.1 Å². The molecule has 0 radical (unpaired) electrons. The van der Waals surface area contributed by atoms with Crippen LogP contribution in [-0.2, 0) is 4.74 Å². The van der Waals surface area contributed by atoms with Gasteiger partial charge in [0.25, 0.3) is 0 Å². The smallest absolute Gasteiger partial charge is 0.141 e. The molecule has 0 saturated carbocycles. The van der Waals surface area contributed by atoms with Crippen molar-refractivity contribution >= 4 is 6.21 Å². The van der Waals surface area contributed by atoms with Gasteiger partial charge in [0.1, 0.15) is 11.4 Å². The van der Waals surface area contributed by atoms with Crippen molar-refractivity contribution in [2.75, 3.05) is 19.7 Å². The van der Waals surface area contributed by atoms with Gasteiger partial charge in [-0.3, -0.25) is 9.88 Å². The summed E-state index contributed by atoms with van der Waals surface area (Å²) in [6.07, 6.45) is 5.28. The Labute approximate surface area is 137 Å².